The van der Waals surface area contributed by atoms with Gasteiger partial charge in [-0.25, -0.2) is 4.79 Å². The molecule has 0 spiro atoms. The first-order valence-electron chi connectivity index (χ1n) is 5.44. The molecule has 18 heavy (non-hydrogen) atoms. The van der Waals surface area contributed by atoms with Gasteiger partial charge in [0.25, 0.3) is 0 Å². The van der Waals surface area contributed by atoms with Crippen molar-refractivity contribution in [2.45, 2.75) is 44.3 Å². The number of carbonyl (C=O) groups is 2. The summed E-state index contributed by atoms with van der Waals surface area (Å²) >= 11 is 0. The molecule has 5 nitrogen and oxygen atoms in total. The van der Waals surface area contributed by atoms with Crippen LogP contribution in [0.25, 0.3) is 0 Å². The summed E-state index contributed by atoms with van der Waals surface area (Å²) in [4.78, 5) is 19.4. The highest BCUT2D eigenvalue weighted by Crippen LogP contribution is 2.25. The third-order valence-electron chi connectivity index (χ3n) is 2.69. The number of carboxylic acids is 2. The minimum atomic E-state index is -5.08. The molecule has 0 radical (unpaired) electrons. The molecule has 0 aromatic rings. The summed E-state index contributed by atoms with van der Waals surface area (Å²) < 4.78 is 31.7. The Morgan fingerprint density at radius 3 is 1.78 bits per heavy atom. The number of halogens is 3. The Balaban J connectivity index is 0.000000360. The highest BCUT2D eigenvalue weighted by molar-refractivity contribution is 5.73. The highest BCUT2D eigenvalue weighted by atomic mass is 19.4. The van der Waals surface area contributed by atoms with Crippen molar-refractivity contribution in [3.05, 3.63) is 0 Å². The molecule has 0 amide bonds. The van der Waals surface area contributed by atoms with Crippen LogP contribution in [0.2, 0.25) is 0 Å². The van der Waals surface area contributed by atoms with Crippen LogP contribution < -0.4 is 5.73 Å². The molecule has 106 valence electrons. The third kappa shape index (κ3) is 6.43. The largest absolute Gasteiger partial charge is 0.490 e. The Labute approximate surface area is 102 Å². The Kier molecular flexibility index (Phi) is 6.67. The van der Waals surface area contributed by atoms with Gasteiger partial charge in [0.1, 0.15) is 6.04 Å². The second kappa shape index (κ2) is 7.20. The summed E-state index contributed by atoms with van der Waals surface area (Å²) in [6.07, 6.45) is 0.432. The molecular weight excluding hydrogens is 255 g/mol. The van der Waals surface area contributed by atoms with Crippen LogP contribution in [-0.2, 0) is 9.59 Å². The maximum Gasteiger partial charge on any atom is 0.490 e. The quantitative estimate of drug-likeness (QED) is 0.708. The molecule has 0 bridgehead atoms. The van der Waals surface area contributed by atoms with Crippen molar-refractivity contribution in [3.63, 3.8) is 0 Å². The number of alkyl halides is 3. The lowest BCUT2D eigenvalue weighted by molar-refractivity contribution is -0.192. The van der Waals surface area contributed by atoms with Crippen molar-refractivity contribution in [3.8, 4) is 0 Å². The number of carboxylic acid groups (broad SMARTS) is 2. The Hall–Kier alpha value is -1.31. The topological polar surface area (TPSA) is 101 Å². The van der Waals surface area contributed by atoms with E-state index in [-0.39, 0.29) is 5.92 Å². The fraction of sp³-hybridized carbons (Fsp3) is 0.800. The molecule has 1 fully saturated rings. The van der Waals surface area contributed by atoms with E-state index in [0.717, 1.165) is 25.7 Å². The average Bonchev–Trinajstić information content (AvgIpc) is 2.28. The monoisotopic (exact) mass is 271 g/mol. The fourth-order valence-corrected chi connectivity index (χ4v) is 1.69. The molecular formula is C10H16F3NO4. The third-order valence-corrected chi connectivity index (χ3v) is 2.69. The molecule has 0 aromatic heterocycles. The predicted octanol–water partition coefficient (Wildman–Crippen LogP) is 1.61. The molecule has 1 aliphatic carbocycles. The van der Waals surface area contributed by atoms with Crippen molar-refractivity contribution >= 4 is 11.9 Å². The van der Waals surface area contributed by atoms with E-state index in [9.17, 15) is 18.0 Å². The summed E-state index contributed by atoms with van der Waals surface area (Å²) in [5.74, 6) is -3.38. The molecule has 8 heteroatoms. The van der Waals surface area contributed by atoms with E-state index in [1.54, 1.807) is 0 Å². The summed E-state index contributed by atoms with van der Waals surface area (Å²) in [5.41, 5.74) is 5.49. The zero-order valence-electron chi connectivity index (χ0n) is 9.61. The lowest BCUT2D eigenvalue weighted by Crippen LogP contribution is -2.38. The molecule has 1 rings (SSSR count). The van der Waals surface area contributed by atoms with Crippen molar-refractivity contribution in [1.82, 2.24) is 0 Å². The van der Waals surface area contributed by atoms with Crippen LogP contribution in [0, 0.1) is 5.92 Å². The molecule has 0 heterocycles. The Morgan fingerprint density at radius 2 is 1.50 bits per heavy atom. The van der Waals surface area contributed by atoms with Gasteiger partial charge in [0.15, 0.2) is 0 Å². The van der Waals surface area contributed by atoms with Gasteiger partial charge < -0.3 is 15.9 Å². The lowest BCUT2D eigenvalue weighted by atomic mass is 9.84. The second-order valence-electron chi connectivity index (χ2n) is 4.07. The molecule has 0 aromatic carbocycles. The standard InChI is InChI=1S/C8H15NO2.C2HF3O2/c9-7(8(10)11)6-4-2-1-3-5-6;3-2(4,5)1(6)7/h6-7H,1-5,9H2,(H,10,11);(H,6,7)/t7-;/m1./s1. The minimum Gasteiger partial charge on any atom is -0.480 e. The van der Waals surface area contributed by atoms with Crippen molar-refractivity contribution in [1.29, 1.82) is 0 Å². The van der Waals surface area contributed by atoms with E-state index in [1.807, 2.05) is 0 Å². The SMILES string of the molecule is N[C@@H](C(=O)O)C1CCCCC1.O=C(O)C(F)(F)F. The molecule has 0 saturated heterocycles. The fourth-order valence-electron chi connectivity index (χ4n) is 1.69. The Bertz CT molecular complexity index is 287. The van der Waals surface area contributed by atoms with E-state index in [2.05, 4.69) is 0 Å². The Morgan fingerprint density at radius 1 is 1.11 bits per heavy atom. The molecule has 0 unspecified atom stereocenters. The summed E-state index contributed by atoms with van der Waals surface area (Å²) in [5, 5.41) is 15.7. The average molecular weight is 271 g/mol. The van der Waals surface area contributed by atoms with Crippen molar-refractivity contribution < 1.29 is 33.0 Å². The van der Waals surface area contributed by atoms with Gasteiger partial charge in [-0.1, -0.05) is 19.3 Å². The first kappa shape index (κ1) is 16.7. The van der Waals surface area contributed by atoms with Crippen molar-refractivity contribution in [2.24, 2.45) is 11.7 Å². The molecule has 1 atom stereocenters. The van der Waals surface area contributed by atoms with Gasteiger partial charge in [-0.05, 0) is 18.8 Å². The van der Waals surface area contributed by atoms with E-state index in [0.29, 0.717) is 0 Å². The maximum absolute atomic E-state index is 10.6. The molecule has 4 N–H and O–H groups in total. The number of hydrogen-bond donors (Lipinski definition) is 3. The normalized spacial score (nSPS) is 18.4. The number of aliphatic carboxylic acids is 2. The van der Waals surface area contributed by atoms with Gasteiger partial charge in [-0.2, -0.15) is 13.2 Å². The van der Waals surface area contributed by atoms with E-state index in [4.69, 9.17) is 20.7 Å². The number of rotatable bonds is 2. The first-order valence-corrected chi connectivity index (χ1v) is 5.44. The van der Waals surface area contributed by atoms with Gasteiger partial charge >= 0.3 is 18.1 Å². The molecule has 0 aliphatic heterocycles. The van der Waals surface area contributed by atoms with Gasteiger partial charge in [0, 0.05) is 0 Å². The van der Waals surface area contributed by atoms with Gasteiger partial charge in [0.2, 0.25) is 0 Å². The lowest BCUT2D eigenvalue weighted by Gasteiger charge is -2.24. The summed E-state index contributed by atoms with van der Waals surface area (Å²) in [6, 6.07) is -0.629. The first-order chi connectivity index (χ1) is 8.16. The zero-order valence-corrected chi connectivity index (χ0v) is 9.61. The zero-order chi connectivity index (χ0) is 14.3. The maximum atomic E-state index is 10.6. The van der Waals surface area contributed by atoms with Crippen LogP contribution in [0.3, 0.4) is 0 Å². The van der Waals surface area contributed by atoms with Gasteiger partial charge in [-0.3, -0.25) is 4.79 Å². The highest BCUT2D eigenvalue weighted by Gasteiger charge is 2.38. The van der Waals surface area contributed by atoms with Crippen molar-refractivity contribution in [2.75, 3.05) is 0 Å². The molecule has 1 aliphatic rings. The number of hydrogen-bond acceptors (Lipinski definition) is 3. The van der Waals surface area contributed by atoms with E-state index < -0.39 is 24.2 Å². The smallest absolute Gasteiger partial charge is 0.480 e. The second-order valence-corrected chi connectivity index (χ2v) is 4.07. The summed E-state index contributed by atoms with van der Waals surface area (Å²) in [6.45, 7) is 0. The van der Waals surface area contributed by atoms with Gasteiger partial charge in [-0.15, -0.1) is 0 Å². The van der Waals surface area contributed by atoms with E-state index in [1.165, 1.54) is 6.42 Å². The summed E-state index contributed by atoms with van der Waals surface area (Å²) in [7, 11) is 0. The van der Waals surface area contributed by atoms with Crippen LogP contribution in [0.15, 0.2) is 0 Å². The predicted molar refractivity (Wildman–Crippen MR) is 55.9 cm³/mol. The van der Waals surface area contributed by atoms with Crippen LogP contribution in [0.4, 0.5) is 13.2 Å². The van der Waals surface area contributed by atoms with Crippen LogP contribution >= 0.6 is 0 Å². The minimum absolute atomic E-state index is 0.223. The van der Waals surface area contributed by atoms with Crippen LogP contribution in [0.1, 0.15) is 32.1 Å². The van der Waals surface area contributed by atoms with Crippen LogP contribution in [0.5, 0.6) is 0 Å². The van der Waals surface area contributed by atoms with Crippen LogP contribution in [-0.4, -0.2) is 34.4 Å². The molecule has 1 saturated carbocycles. The number of nitrogens with two attached hydrogens (primary N) is 1. The van der Waals surface area contributed by atoms with Gasteiger partial charge in [0.05, 0.1) is 0 Å². The van der Waals surface area contributed by atoms with E-state index >= 15 is 0 Å².